The van der Waals surface area contributed by atoms with Gasteiger partial charge in [-0.05, 0) is 30.2 Å². The van der Waals surface area contributed by atoms with E-state index in [0.29, 0.717) is 12.1 Å². The molecule has 0 aliphatic carbocycles. The Bertz CT molecular complexity index is 339. The molecule has 0 aliphatic rings. The first-order valence-corrected chi connectivity index (χ1v) is 4.37. The Hall–Kier alpha value is -0.850. The molecule has 0 aliphatic heterocycles. The summed E-state index contributed by atoms with van der Waals surface area (Å²) in [5.74, 6) is 0. The number of rotatable bonds is 1. The second kappa shape index (κ2) is 3.70. The largest absolute Gasteiger partial charge is 0.326 e. The average molecular weight is 225 g/mol. The Labute approximate surface area is 80.1 Å². The molecule has 0 unspecified atom stereocenters. The van der Waals surface area contributed by atoms with Crippen molar-refractivity contribution in [1.29, 1.82) is 5.26 Å². The standard InChI is InChI=1S/C9H9BrN2/c1-6-2-7(4-11)8(5-12)9(10)3-6/h2-3H,5,12H2,1H3. The Morgan fingerprint density at radius 1 is 1.58 bits per heavy atom. The third-order valence-electron chi connectivity index (χ3n) is 1.66. The van der Waals surface area contributed by atoms with E-state index in [4.69, 9.17) is 11.0 Å². The van der Waals surface area contributed by atoms with Crippen LogP contribution in [0.5, 0.6) is 0 Å². The van der Waals surface area contributed by atoms with Gasteiger partial charge in [0.05, 0.1) is 11.6 Å². The maximum atomic E-state index is 8.77. The zero-order valence-electron chi connectivity index (χ0n) is 6.76. The van der Waals surface area contributed by atoms with Crippen LogP contribution >= 0.6 is 15.9 Å². The van der Waals surface area contributed by atoms with Crippen molar-refractivity contribution in [2.45, 2.75) is 13.5 Å². The number of benzene rings is 1. The van der Waals surface area contributed by atoms with Crippen LogP contribution in [0.4, 0.5) is 0 Å². The smallest absolute Gasteiger partial charge is 0.0995 e. The van der Waals surface area contributed by atoms with Gasteiger partial charge in [0.2, 0.25) is 0 Å². The van der Waals surface area contributed by atoms with Gasteiger partial charge in [-0.3, -0.25) is 0 Å². The van der Waals surface area contributed by atoms with E-state index >= 15 is 0 Å². The normalized spacial score (nSPS) is 9.50. The zero-order valence-corrected chi connectivity index (χ0v) is 8.35. The Morgan fingerprint density at radius 2 is 2.25 bits per heavy atom. The van der Waals surface area contributed by atoms with E-state index in [1.54, 1.807) is 0 Å². The van der Waals surface area contributed by atoms with Gasteiger partial charge in [0.1, 0.15) is 0 Å². The fraction of sp³-hybridized carbons (Fsp3) is 0.222. The molecular formula is C9H9BrN2. The molecule has 3 heteroatoms. The molecule has 0 fully saturated rings. The molecule has 1 rings (SSSR count). The lowest BCUT2D eigenvalue weighted by Crippen LogP contribution is -2.01. The van der Waals surface area contributed by atoms with E-state index in [9.17, 15) is 0 Å². The lowest BCUT2D eigenvalue weighted by molar-refractivity contribution is 1.05. The summed E-state index contributed by atoms with van der Waals surface area (Å²) in [5.41, 5.74) is 8.10. The third-order valence-corrected chi connectivity index (χ3v) is 2.37. The number of nitriles is 1. The van der Waals surface area contributed by atoms with Gasteiger partial charge >= 0.3 is 0 Å². The highest BCUT2D eigenvalue weighted by Crippen LogP contribution is 2.21. The summed E-state index contributed by atoms with van der Waals surface area (Å²) in [6.45, 7) is 2.34. The van der Waals surface area contributed by atoms with Crippen LogP contribution in [0.2, 0.25) is 0 Å². The van der Waals surface area contributed by atoms with E-state index in [0.717, 1.165) is 15.6 Å². The second-order valence-corrected chi connectivity index (χ2v) is 3.44. The van der Waals surface area contributed by atoms with E-state index < -0.39 is 0 Å². The molecule has 1 aromatic rings. The molecule has 0 saturated heterocycles. The van der Waals surface area contributed by atoms with Gasteiger partial charge in [-0.1, -0.05) is 15.9 Å². The number of nitrogens with two attached hydrogens (primary N) is 1. The molecule has 0 heterocycles. The Kier molecular flexibility index (Phi) is 2.85. The summed E-state index contributed by atoms with van der Waals surface area (Å²) in [4.78, 5) is 0. The van der Waals surface area contributed by atoms with Crippen molar-refractivity contribution in [3.05, 3.63) is 33.3 Å². The SMILES string of the molecule is Cc1cc(Br)c(CN)c(C#N)c1. The number of aryl methyl sites for hydroxylation is 1. The number of hydrogen-bond acceptors (Lipinski definition) is 2. The van der Waals surface area contributed by atoms with Crippen molar-refractivity contribution in [2.24, 2.45) is 5.73 Å². The van der Waals surface area contributed by atoms with Gasteiger partial charge in [0, 0.05) is 11.0 Å². The first-order valence-electron chi connectivity index (χ1n) is 3.58. The summed E-state index contributed by atoms with van der Waals surface area (Å²) in [5, 5.41) is 8.77. The number of nitrogens with zero attached hydrogens (tertiary/aromatic N) is 1. The maximum absolute atomic E-state index is 8.77. The summed E-state index contributed by atoms with van der Waals surface area (Å²) >= 11 is 3.37. The molecular weight excluding hydrogens is 216 g/mol. The summed E-state index contributed by atoms with van der Waals surface area (Å²) in [7, 11) is 0. The molecule has 0 saturated carbocycles. The lowest BCUT2D eigenvalue weighted by Gasteiger charge is -2.04. The Morgan fingerprint density at radius 3 is 2.75 bits per heavy atom. The van der Waals surface area contributed by atoms with Crippen LogP contribution in [0.25, 0.3) is 0 Å². The molecule has 2 N–H and O–H groups in total. The number of hydrogen-bond donors (Lipinski definition) is 1. The van der Waals surface area contributed by atoms with Crippen molar-refractivity contribution in [3.63, 3.8) is 0 Å². The molecule has 0 aromatic heterocycles. The van der Waals surface area contributed by atoms with E-state index in [1.165, 1.54) is 0 Å². The highest BCUT2D eigenvalue weighted by molar-refractivity contribution is 9.10. The van der Waals surface area contributed by atoms with Gasteiger partial charge < -0.3 is 5.73 Å². The van der Waals surface area contributed by atoms with E-state index in [-0.39, 0.29) is 0 Å². The van der Waals surface area contributed by atoms with E-state index in [2.05, 4.69) is 22.0 Å². The predicted octanol–water partition coefficient (Wildman–Crippen LogP) is 2.09. The average Bonchev–Trinajstić information content (AvgIpc) is 2.03. The first kappa shape index (κ1) is 9.24. The van der Waals surface area contributed by atoms with Crippen LogP contribution in [-0.4, -0.2) is 0 Å². The summed E-state index contributed by atoms with van der Waals surface area (Å²) in [6, 6.07) is 5.92. The van der Waals surface area contributed by atoms with Crippen LogP contribution in [-0.2, 0) is 6.54 Å². The fourth-order valence-corrected chi connectivity index (χ4v) is 1.82. The minimum atomic E-state index is 0.393. The van der Waals surface area contributed by atoms with Crippen LogP contribution < -0.4 is 5.73 Å². The molecule has 2 nitrogen and oxygen atoms in total. The molecule has 0 bridgehead atoms. The van der Waals surface area contributed by atoms with Gasteiger partial charge in [0.25, 0.3) is 0 Å². The zero-order chi connectivity index (χ0) is 9.14. The van der Waals surface area contributed by atoms with Gasteiger partial charge in [0.15, 0.2) is 0 Å². The monoisotopic (exact) mass is 224 g/mol. The highest BCUT2D eigenvalue weighted by atomic mass is 79.9. The molecule has 0 radical (unpaired) electrons. The highest BCUT2D eigenvalue weighted by Gasteiger charge is 2.04. The van der Waals surface area contributed by atoms with Crippen molar-refractivity contribution in [3.8, 4) is 6.07 Å². The molecule has 0 spiro atoms. The van der Waals surface area contributed by atoms with Crippen LogP contribution in [0.1, 0.15) is 16.7 Å². The second-order valence-electron chi connectivity index (χ2n) is 2.59. The number of halogens is 1. The van der Waals surface area contributed by atoms with Crippen molar-refractivity contribution in [1.82, 2.24) is 0 Å². The quantitative estimate of drug-likeness (QED) is 0.795. The van der Waals surface area contributed by atoms with Gasteiger partial charge in [-0.25, -0.2) is 0 Å². The van der Waals surface area contributed by atoms with Gasteiger partial charge in [-0.15, -0.1) is 0 Å². The predicted molar refractivity (Wildman–Crippen MR) is 51.5 cm³/mol. The lowest BCUT2D eigenvalue weighted by atomic mass is 10.1. The molecule has 0 amide bonds. The Balaban J connectivity index is 3.36. The van der Waals surface area contributed by atoms with Crippen LogP contribution in [0.15, 0.2) is 16.6 Å². The van der Waals surface area contributed by atoms with Crippen LogP contribution in [0.3, 0.4) is 0 Å². The van der Waals surface area contributed by atoms with Crippen LogP contribution in [0, 0.1) is 18.3 Å². The summed E-state index contributed by atoms with van der Waals surface area (Å²) in [6.07, 6.45) is 0. The first-order chi connectivity index (χ1) is 5.69. The van der Waals surface area contributed by atoms with Crippen molar-refractivity contribution < 1.29 is 0 Å². The van der Waals surface area contributed by atoms with E-state index in [1.807, 2.05) is 19.1 Å². The maximum Gasteiger partial charge on any atom is 0.0995 e. The topological polar surface area (TPSA) is 49.8 Å². The molecule has 0 atom stereocenters. The minimum absolute atomic E-state index is 0.393. The fourth-order valence-electron chi connectivity index (χ4n) is 1.08. The minimum Gasteiger partial charge on any atom is -0.326 e. The van der Waals surface area contributed by atoms with Crippen molar-refractivity contribution in [2.75, 3.05) is 0 Å². The molecule has 62 valence electrons. The molecule has 1 aromatic carbocycles. The van der Waals surface area contributed by atoms with Gasteiger partial charge in [-0.2, -0.15) is 5.26 Å². The third kappa shape index (κ3) is 1.66. The van der Waals surface area contributed by atoms with Crippen molar-refractivity contribution >= 4 is 15.9 Å². The molecule has 12 heavy (non-hydrogen) atoms. The summed E-state index contributed by atoms with van der Waals surface area (Å²) < 4.78 is 0.918.